The summed E-state index contributed by atoms with van der Waals surface area (Å²) in [7, 11) is -4.28. The van der Waals surface area contributed by atoms with E-state index >= 15 is 0 Å². The first kappa shape index (κ1) is 39.1. The van der Waals surface area contributed by atoms with Crippen molar-refractivity contribution in [3.05, 3.63) is 12.2 Å². The van der Waals surface area contributed by atoms with E-state index in [0.717, 1.165) is 25.9 Å². The Morgan fingerprint density at radius 1 is 1.04 bits per heavy atom. The van der Waals surface area contributed by atoms with Gasteiger partial charge in [0.2, 0.25) is 0 Å². The predicted octanol–water partition coefficient (Wildman–Crippen LogP) is 3.00. The molecule has 4 heterocycles. The maximum absolute atomic E-state index is 14.6. The average molecular weight is 712 g/mol. The number of aryl methyl sites for hydroxylation is 1. The number of fused-ring (bicyclic) bond motifs is 1. The molecule has 276 valence electrons. The highest BCUT2D eigenvalue weighted by atomic mass is 31.2. The molecule has 0 saturated carbocycles. The minimum atomic E-state index is -4.28. The van der Waals surface area contributed by atoms with E-state index < -0.39 is 62.3 Å². The van der Waals surface area contributed by atoms with Crippen molar-refractivity contribution in [2.75, 3.05) is 37.8 Å². The number of hydrogen-bond acceptors (Lipinski definition) is 13. The van der Waals surface area contributed by atoms with Crippen molar-refractivity contribution in [1.29, 1.82) is 0 Å². The summed E-state index contributed by atoms with van der Waals surface area (Å²) in [5.74, 6) is -0.0307. The van der Waals surface area contributed by atoms with Crippen molar-refractivity contribution in [2.45, 2.75) is 117 Å². The normalized spacial score (nSPS) is 24.2. The standard InChI is InChI=1S/C32H54N7O9P/c1-9-45-29(41)22(15-19(3)4)36-49(44,37-23(16-20(5)6)30(42)46-10-2)47-17-24-26(40)32(8,43)31(48-24)39-18-33-25-27(38-13-11-12-14-38)34-21(7)35-28(25)39/h18-20,22-24,26,31,40,43H,9-17H2,1-8H3,(H2,36,37,44)/t22-,23-,24+,26-,31+,32?/m0/s1. The zero-order valence-corrected chi connectivity index (χ0v) is 30.8. The van der Waals surface area contributed by atoms with Crippen LogP contribution >= 0.6 is 7.67 Å². The van der Waals surface area contributed by atoms with Gasteiger partial charge in [-0.25, -0.2) is 25.1 Å². The molecule has 2 aromatic heterocycles. The second-order valence-corrected chi connectivity index (χ2v) is 15.7. The van der Waals surface area contributed by atoms with Gasteiger partial charge < -0.3 is 33.8 Å². The summed E-state index contributed by atoms with van der Waals surface area (Å²) in [6.07, 6.45) is 0.263. The first-order chi connectivity index (χ1) is 23.1. The number of esters is 2. The van der Waals surface area contributed by atoms with E-state index in [4.69, 9.17) is 18.7 Å². The lowest BCUT2D eigenvalue weighted by atomic mass is 9.96. The lowest BCUT2D eigenvalue weighted by molar-refractivity contribution is -0.146. The molecule has 0 amide bonds. The number of nitrogens with zero attached hydrogens (tertiary/aromatic N) is 5. The summed E-state index contributed by atoms with van der Waals surface area (Å²) in [6.45, 7) is 15.6. The van der Waals surface area contributed by atoms with Crippen LogP contribution in [0.1, 0.15) is 86.2 Å². The SMILES string of the molecule is CCOC(=O)[C@H](CC(C)C)NP(=O)(N[C@@H](CC(C)C)C(=O)OCC)OC[C@H]1O[C@@H](n2cnc3c(N4CCCC4)nc(C)nc32)C(C)(O)[C@H]1O. The van der Waals surface area contributed by atoms with Crippen molar-refractivity contribution in [2.24, 2.45) is 11.8 Å². The Morgan fingerprint density at radius 2 is 1.59 bits per heavy atom. The number of anilines is 1. The third-order valence-corrected chi connectivity index (χ3v) is 10.4. The van der Waals surface area contributed by atoms with Gasteiger partial charge in [0.15, 0.2) is 23.2 Å². The number of aliphatic hydroxyl groups is 2. The van der Waals surface area contributed by atoms with Crippen LogP contribution in [0.15, 0.2) is 6.33 Å². The average Bonchev–Trinajstić information content (AvgIpc) is 3.74. The van der Waals surface area contributed by atoms with Crippen molar-refractivity contribution in [1.82, 2.24) is 29.7 Å². The van der Waals surface area contributed by atoms with E-state index in [1.54, 1.807) is 25.3 Å². The lowest BCUT2D eigenvalue weighted by Gasteiger charge is -2.30. The molecule has 4 rings (SSSR count). The number of carbonyl (C=O) groups is 2. The highest BCUT2D eigenvalue weighted by Gasteiger charge is 2.54. The molecule has 0 aliphatic carbocycles. The Labute approximate surface area is 288 Å². The van der Waals surface area contributed by atoms with Crippen molar-refractivity contribution >= 4 is 36.6 Å². The van der Waals surface area contributed by atoms with Crippen LogP contribution in [-0.4, -0.2) is 104 Å². The van der Waals surface area contributed by atoms with Crippen molar-refractivity contribution < 1.29 is 43.1 Å². The van der Waals surface area contributed by atoms with Crippen LogP contribution in [0, 0.1) is 18.8 Å². The zero-order valence-electron chi connectivity index (χ0n) is 29.9. The summed E-state index contributed by atoms with van der Waals surface area (Å²) < 4.78 is 38.9. The summed E-state index contributed by atoms with van der Waals surface area (Å²) in [5, 5.41) is 28.6. The van der Waals surface area contributed by atoms with E-state index in [1.807, 2.05) is 27.7 Å². The second-order valence-electron chi connectivity index (χ2n) is 13.8. The Hall–Kier alpha value is -2.72. The molecule has 0 aromatic carbocycles. The fraction of sp³-hybridized carbons (Fsp3) is 0.781. The Balaban J connectivity index is 1.63. The van der Waals surface area contributed by atoms with Gasteiger partial charge in [0, 0.05) is 13.1 Å². The zero-order chi connectivity index (χ0) is 36.1. The van der Waals surface area contributed by atoms with Gasteiger partial charge in [-0.15, -0.1) is 0 Å². The first-order valence-corrected chi connectivity index (χ1v) is 18.9. The van der Waals surface area contributed by atoms with Gasteiger partial charge in [-0.2, -0.15) is 0 Å². The van der Waals surface area contributed by atoms with E-state index in [0.29, 0.717) is 22.8 Å². The van der Waals surface area contributed by atoms with Gasteiger partial charge in [0.05, 0.1) is 26.1 Å². The van der Waals surface area contributed by atoms with Gasteiger partial charge >= 0.3 is 19.6 Å². The molecule has 0 bridgehead atoms. The van der Waals surface area contributed by atoms with Gasteiger partial charge in [-0.3, -0.25) is 18.7 Å². The third kappa shape index (κ3) is 9.34. The molecule has 2 aliphatic rings. The smallest absolute Gasteiger partial charge is 0.342 e. The van der Waals surface area contributed by atoms with Crippen LogP contribution in [0.25, 0.3) is 11.2 Å². The lowest BCUT2D eigenvalue weighted by Crippen LogP contribution is -2.47. The van der Waals surface area contributed by atoms with Crippen LogP contribution in [0.3, 0.4) is 0 Å². The van der Waals surface area contributed by atoms with Crippen molar-refractivity contribution in [3.63, 3.8) is 0 Å². The number of rotatable bonds is 17. The van der Waals surface area contributed by atoms with Gasteiger partial charge in [-0.05, 0) is 65.2 Å². The molecule has 2 fully saturated rings. The van der Waals surface area contributed by atoms with Gasteiger partial charge in [0.25, 0.3) is 0 Å². The molecule has 16 nitrogen and oxygen atoms in total. The van der Waals surface area contributed by atoms with Crippen molar-refractivity contribution in [3.8, 4) is 0 Å². The number of aliphatic hydroxyl groups excluding tert-OH is 1. The summed E-state index contributed by atoms with van der Waals surface area (Å²) in [5.41, 5.74) is -0.876. The minimum absolute atomic E-state index is 0.00569. The molecular weight excluding hydrogens is 657 g/mol. The topological polar surface area (TPSA) is 199 Å². The quantitative estimate of drug-likeness (QED) is 0.138. The highest BCUT2D eigenvalue weighted by Crippen LogP contribution is 2.45. The summed E-state index contributed by atoms with van der Waals surface area (Å²) in [4.78, 5) is 41.9. The number of imidazole rings is 1. The Morgan fingerprint density at radius 3 is 2.10 bits per heavy atom. The van der Waals surface area contributed by atoms with Crippen LogP contribution in [0.5, 0.6) is 0 Å². The molecule has 17 heteroatoms. The molecule has 2 aromatic rings. The fourth-order valence-corrected chi connectivity index (χ4v) is 8.06. The maximum Gasteiger partial charge on any atom is 0.342 e. The molecule has 0 radical (unpaired) electrons. The molecule has 2 aliphatic heterocycles. The number of carbonyl (C=O) groups excluding carboxylic acids is 2. The van der Waals surface area contributed by atoms with E-state index in [1.165, 1.54) is 13.3 Å². The number of aromatic nitrogens is 4. The highest BCUT2D eigenvalue weighted by molar-refractivity contribution is 7.54. The second kappa shape index (κ2) is 16.5. The van der Waals surface area contributed by atoms with Crippen LogP contribution in [0.4, 0.5) is 5.82 Å². The molecular formula is C32H54N7O9P. The van der Waals surface area contributed by atoms with Gasteiger partial charge in [0.1, 0.15) is 35.7 Å². The summed E-state index contributed by atoms with van der Waals surface area (Å²) >= 11 is 0. The van der Waals surface area contributed by atoms with Crippen LogP contribution in [0.2, 0.25) is 0 Å². The number of nitrogens with one attached hydrogen (secondary N) is 2. The molecule has 1 unspecified atom stereocenters. The molecule has 49 heavy (non-hydrogen) atoms. The molecule has 4 N–H and O–H groups in total. The molecule has 6 atom stereocenters. The van der Waals surface area contributed by atoms with E-state index in [9.17, 15) is 24.4 Å². The molecule has 2 saturated heterocycles. The van der Waals surface area contributed by atoms with Gasteiger partial charge in [-0.1, -0.05) is 27.7 Å². The maximum atomic E-state index is 14.6. The minimum Gasteiger partial charge on any atom is -0.465 e. The van der Waals surface area contributed by atoms with Crippen LogP contribution in [-0.2, 0) is 32.9 Å². The monoisotopic (exact) mass is 711 g/mol. The van der Waals surface area contributed by atoms with Crippen LogP contribution < -0.4 is 15.1 Å². The third-order valence-electron chi connectivity index (χ3n) is 8.56. The molecule has 0 spiro atoms. The summed E-state index contributed by atoms with van der Waals surface area (Å²) in [6, 6.07) is -2.09. The largest absolute Gasteiger partial charge is 0.465 e. The Kier molecular flexibility index (Phi) is 13.2. The van der Waals surface area contributed by atoms with E-state index in [-0.39, 0.29) is 37.9 Å². The number of hydrogen-bond donors (Lipinski definition) is 4. The van der Waals surface area contributed by atoms with E-state index in [2.05, 4.69) is 30.0 Å². The number of ether oxygens (including phenoxy) is 3. The Bertz CT molecular complexity index is 1440. The fourth-order valence-electron chi connectivity index (χ4n) is 6.24. The predicted molar refractivity (Wildman–Crippen MR) is 182 cm³/mol. The first-order valence-electron chi connectivity index (χ1n) is 17.3.